The van der Waals surface area contributed by atoms with Crippen molar-refractivity contribution in [2.24, 2.45) is 0 Å². The molecule has 1 amide bonds. The lowest BCUT2D eigenvalue weighted by atomic mass is 10.2. The lowest BCUT2D eigenvalue weighted by molar-refractivity contribution is 0.0976. The highest BCUT2D eigenvalue weighted by molar-refractivity contribution is 9.10. The van der Waals surface area contributed by atoms with Crippen LogP contribution in [0.15, 0.2) is 22.7 Å². The third-order valence-corrected chi connectivity index (χ3v) is 3.77. The number of thiocarbonyl (C=S) groups is 1. The van der Waals surface area contributed by atoms with E-state index in [2.05, 4.69) is 26.6 Å². The van der Waals surface area contributed by atoms with Gasteiger partial charge in [-0.25, -0.2) is 0 Å². The van der Waals surface area contributed by atoms with Gasteiger partial charge >= 0.3 is 0 Å². The largest absolute Gasteiger partial charge is 0.492 e. The second-order valence-electron chi connectivity index (χ2n) is 4.71. The van der Waals surface area contributed by atoms with Gasteiger partial charge in [-0.3, -0.25) is 10.1 Å². The summed E-state index contributed by atoms with van der Waals surface area (Å²) in [6.45, 7) is 4.53. The highest BCUT2D eigenvalue weighted by Gasteiger charge is 2.12. The Morgan fingerprint density at radius 2 is 2.18 bits per heavy atom. The van der Waals surface area contributed by atoms with Crippen molar-refractivity contribution in [3.8, 4) is 5.75 Å². The van der Waals surface area contributed by atoms with E-state index in [0.717, 1.165) is 6.42 Å². The van der Waals surface area contributed by atoms with Crippen LogP contribution in [0.2, 0.25) is 0 Å². The first-order valence-corrected chi connectivity index (χ1v) is 8.36. The Labute approximate surface area is 144 Å². The zero-order valence-corrected chi connectivity index (χ0v) is 15.1. The fraction of sp³-hybridized carbons (Fsp3) is 0.467. The predicted molar refractivity (Wildman–Crippen MR) is 94.3 cm³/mol. The molecule has 0 saturated heterocycles. The van der Waals surface area contributed by atoms with Crippen molar-refractivity contribution < 1.29 is 14.6 Å². The van der Waals surface area contributed by atoms with E-state index in [9.17, 15) is 4.79 Å². The summed E-state index contributed by atoms with van der Waals surface area (Å²) in [5, 5.41) is 14.8. The van der Waals surface area contributed by atoms with Crippen molar-refractivity contribution in [2.45, 2.75) is 32.7 Å². The molecule has 0 bridgehead atoms. The van der Waals surface area contributed by atoms with E-state index in [-0.39, 0.29) is 23.7 Å². The van der Waals surface area contributed by atoms with Crippen molar-refractivity contribution in [2.75, 3.05) is 13.2 Å². The van der Waals surface area contributed by atoms with Gasteiger partial charge in [0.25, 0.3) is 5.91 Å². The maximum absolute atomic E-state index is 12.1. The minimum absolute atomic E-state index is 0.0402. The van der Waals surface area contributed by atoms with E-state index in [1.54, 1.807) is 18.2 Å². The van der Waals surface area contributed by atoms with E-state index in [0.29, 0.717) is 28.8 Å². The highest BCUT2D eigenvalue weighted by Crippen LogP contribution is 2.26. The molecule has 1 rings (SSSR count). The van der Waals surface area contributed by atoms with Gasteiger partial charge in [0.05, 0.1) is 23.7 Å². The number of halogens is 1. The molecule has 0 aliphatic rings. The lowest BCUT2D eigenvalue weighted by Crippen LogP contribution is -2.45. The van der Waals surface area contributed by atoms with Gasteiger partial charge in [-0.1, -0.05) is 13.8 Å². The number of carbonyl (C=O) groups is 1. The minimum Gasteiger partial charge on any atom is -0.492 e. The molecule has 0 aliphatic heterocycles. The molecule has 0 heterocycles. The third-order valence-electron chi connectivity index (χ3n) is 2.93. The number of benzene rings is 1. The summed E-state index contributed by atoms with van der Waals surface area (Å²) in [5.74, 6) is 0.387. The lowest BCUT2D eigenvalue weighted by Gasteiger charge is -2.16. The fourth-order valence-electron chi connectivity index (χ4n) is 1.64. The van der Waals surface area contributed by atoms with Crippen LogP contribution in [0.3, 0.4) is 0 Å². The molecule has 3 N–H and O–H groups in total. The van der Waals surface area contributed by atoms with Gasteiger partial charge < -0.3 is 15.2 Å². The van der Waals surface area contributed by atoms with Crippen LogP contribution in [0.25, 0.3) is 0 Å². The Kier molecular flexibility index (Phi) is 8.37. The summed E-state index contributed by atoms with van der Waals surface area (Å²) >= 11 is 8.45. The number of carbonyl (C=O) groups excluding carboxylic acids is 1. The number of aliphatic hydroxyl groups excluding tert-OH is 1. The van der Waals surface area contributed by atoms with Gasteiger partial charge in [0, 0.05) is 5.56 Å². The summed E-state index contributed by atoms with van der Waals surface area (Å²) in [4.78, 5) is 12.1. The number of aliphatic hydroxyl groups is 1. The average molecular weight is 389 g/mol. The van der Waals surface area contributed by atoms with Gasteiger partial charge in [0.1, 0.15) is 5.75 Å². The standard InChI is InChI=1S/C15H21BrN2O3S/c1-3-7-21-13-6-5-10(8-12(13)16)14(20)18-15(22)17-11(4-2)9-19/h5-6,8,11,19H,3-4,7,9H2,1-2H3,(H2,17,18,20,22). The summed E-state index contributed by atoms with van der Waals surface area (Å²) in [6.07, 6.45) is 1.62. The minimum atomic E-state index is -0.312. The molecule has 22 heavy (non-hydrogen) atoms. The van der Waals surface area contributed by atoms with Crippen LogP contribution in [-0.2, 0) is 0 Å². The molecule has 0 saturated carbocycles. The van der Waals surface area contributed by atoms with Gasteiger partial charge in [-0.05, 0) is 59.2 Å². The van der Waals surface area contributed by atoms with Gasteiger partial charge in [-0.15, -0.1) is 0 Å². The molecular formula is C15H21BrN2O3S. The molecule has 1 unspecified atom stereocenters. The van der Waals surface area contributed by atoms with Crippen molar-refractivity contribution in [3.05, 3.63) is 28.2 Å². The normalized spacial score (nSPS) is 11.6. The first kappa shape index (κ1) is 18.9. The van der Waals surface area contributed by atoms with Crippen LogP contribution < -0.4 is 15.4 Å². The number of hydrogen-bond acceptors (Lipinski definition) is 4. The van der Waals surface area contributed by atoms with E-state index in [4.69, 9.17) is 22.1 Å². The number of nitrogens with one attached hydrogen (secondary N) is 2. The molecule has 0 fully saturated rings. The van der Waals surface area contributed by atoms with Crippen LogP contribution >= 0.6 is 28.1 Å². The molecule has 0 spiro atoms. The molecule has 0 radical (unpaired) electrons. The summed E-state index contributed by atoms with van der Waals surface area (Å²) in [5.41, 5.74) is 0.469. The predicted octanol–water partition coefficient (Wildman–Crippen LogP) is 2.61. The van der Waals surface area contributed by atoms with Gasteiger partial charge in [-0.2, -0.15) is 0 Å². The maximum Gasteiger partial charge on any atom is 0.257 e. The number of amides is 1. The van der Waals surface area contributed by atoms with Crippen LogP contribution in [0, 0.1) is 0 Å². The fourth-order valence-corrected chi connectivity index (χ4v) is 2.40. The molecular weight excluding hydrogens is 368 g/mol. The van der Waals surface area contributed by atoms with Crippen LogP contribution in [0.1, 0.15) is 37.0 Å². The van der Waals surface area contributed by atoms with Crippen LogP contribution in [0.5, 0.6) is 5.75 Å². The Morgan fingerprint density at radius 1 is 1.45 bits per heavy atom. The zero-order chi connectivity index (χ0) is 16.5. The van der Waals surface area contributed by atoms with Crippen molar-refractivity contribution in [3.63, 3.8) is 0 Å². The number of rotatable bonds is 7. The molecule has 1 aromatic carbocycles. The summed E-state index contributed by atoms with van der Waals surface area (Å²) in [7, 11) is 0. The van der Waals surface area contributed by atoms with Crippen molar-refractivity contribution >= 4 is 39.2 Å². The van der Waals surface area contributed by atoms with Gasteiger partial charge in [0.15, 0.2) is 5.11 Å². The monoisotopic (exact) mass is 388 g/mol. The highest BCUT2D eigenvalue weighted by atomic mass is 79.9. The Morgan fingerprint density at radius 3 is 2.73 bits per heavy atom. The summed E-state index contributed by atoms with van der Waals surface area (Å²) < 4.78 is 6.26. The Balaban J connectivity index is 2.65. The second-order valence-corrected chi connectivity index (χ2v) is 5.97. The molecule has 1 aromatic rings. The van der Waals surface area contributed by atoms with E-state index >= 15 is 0 Å². The zero-order valence-electron chi connectivity index (χ0n) is 12.7. The van der Waals surface area contributed by atoms with Crippen LogP contribution in [-0.4, -0.2) is 35.4 Å². The molecule has 0 aromatic heterocycles. The maximum atomic E-state index is 12.1. The quantitative estimate of drug-likeness (QED) is 0.626. The molecule has 0 aliphatic carbocycles. The first-order valence-electron chi connectivity index (χ1n) is 7.16. The SMILES string of the molecule is CCCOc1ccc(C(=O)NC(=S)NC(CC)CO)cc1Br. The number of ether oxygens (including phenoxy) is 1. The second kappa shape index (κ2) is 9.76. The molecule has 7 heteroatoms. The third kappa shape index (κ3) is 5.90. The summed E-state index contributed by atoms with van der Waals surface area (Å²) in [6, 6.07) is 4.95. The topological polar surface area (TPSA) is 70.6 Å². The van der Waals surface area contributed by atoms with Crippen LogP contribution in [0.4, 0.5) is 0 Å². The molecule has 5 nitrogen and oxygen atoms in total. The Hall–Kier alpha value is -1.18. The molecule has 122 valence electrons. The first-order chi connectivity index (χ1) is 10.5. The van der Waals surface area contributed by atoms with Gasteiger partial charge in [0.2, 0.25) is 0 Å². The number of hydrogen-bond donors (Lipinski definition) is 3. The van der Waals surface area contributed by atoms with E-state index in [1.165, 1.54) is 0 Å². The smallest absolute Gasteiger partial charge is 0.257 e. The average Bonchev–Trinajstić information content (AvgIpc) is 2.51. The Bertz CT molecular complexity index is 522. The van der Waals surface area contributed by atoms with Crippen molar-refractivity contribution in [1.29, 1.82) is 0 Å². The van der Waals surface area contributed by atoms with E-state index in [1.807, 2.05) is 13.8 Å². The van der Waals surface area contributed by atoms with E-state index < -0.39 is 0 Å². The van der Waals surface area contributed by atoms with Crippen molar-refractivity contribution in [1.82, 2.24) is 10.6 Å². The molecule has 1 atom stereocenters.